The van der Waals surface area contributed by atoms with Gasteiger partial charge in [0.2, 0.25) is 5.89 Å². The highest BCUT2D eigenvalue weighted by molar-refractivity contribution is 7.13. The second-order valence-electron chi connectivity index (χ2n) is 4.25. The number of rotatable bonds is 2. The predicted octanol–water partition coefficient (Wildman–Crippen LogP) is 3.24. The number of benzene rings is 1. The van der Waals surface area contributed by atoms with Crippen LogP contribution in [0, 0.1) is 0 Å². The van der Waals surface area contributed by atoms with Gasteiger partial charge in [-0.05, 0) is 29.6 Å². The smallest absolute Gasteiger partial charge is 0.258 e. The van der Waals surface area contributed by atoms with Crippen molar-refractivity contribution in [3.8, 4) is 33.7 Å². The van der Waals surface area contributed by atoms with Gasteiger partial charge in [0.05, 0.1) is 4.88 Å². The molecule has 0 radical (unpaired) electrons. The molecular weight excluding hydrogens is 276 g/mol. The minimum atomic E-state index is 0.477. The van der Waals surface area contributed by atoms with Crippen molar-refractivity contribution in [1.82, 2.24) is 10.2 Å². The van der Waals surface area contributed by atoms with Crippen molar-refractivity contribution in [3.63, 3.8) is 0 Å². The summed E-state index contributed by atoms with van der Waals surface area (Å²) in [5.41, 5.74) is 0.824. The number of hydrogen-bond acceptors (Lipinski definition) is 6. The average molecular weight is 286 g/mol. The molecule has 1 aliphatic rings. The first-order chi connectivity index (χ1) is 9.90. The molecule has 3 aromatic rings. The van der Waals surface area contributed by atoms with E-state index in [4.69, 9.17) is 13.9 Å². The molecule has 0 unspecified atom stereocenters. The van der Waals surface area contributed by atoms with Gasteiger partial charge in [0.1, 0.15) is 13.2 Å². The summed E-state index contributed by atoms with van der Waals surface area (Å²) in [5.74, 6) is 2.47. The summed E-state index contributed by atoms with van der Waals surface area (Å²) >= 11 is 1.57. The summed E-state index contributed by atoms with van der Waals surface area (Å²) in [4.78, 5) is 0.960. The Balaban J connectivity index is 1.71. The molecule has 0 saturated carbocycles. The fourth-order valence-corrected chi connectivity index (χ4v) is 2.66. The lowest BCUT2D eigenvalue weighted by Crippen LogP contribution is -2.15. The first-order valence-electron chi connectivity index (χ1n) is 6.17. The number of ether oxygens (including phenoxy) is 2. The predicted molar refractivity (Wildman–Crippen MR) is 74.0 cm³/mol. The Labute approximate surface area is 118 Å². The van der Waals surface area contributed by atoms with Crippen molar-refractivity contribution in [1.29, 1.82) is 0 Å². The number of fused-ring (bicyclic) bond motifs is 1. The van der Waals surface area contributed by atoms with Crippen molar-refractivity contribution in [2.75, 3.05) is 13.2 Å². The third-order valence-corrected chi connectivity index (χ3v) is 3.80. The third kappa shape index (κ3) is 1.94. The average Bonchev–Trinajstić information content (AvgIpc) is 3.17. The van der Waals surface area contributed by atoms with E-state index in [1.54, 1.807) is 11.3 Å². The van der Waals surface area contributed by atoms with Crippen LogP contribution in [0.4, 0.5) is 0 Å². The lowest BCUT2D eigenvalue weighted by molar-refractivity contribution is 0.171. The lowest BCUT2D eigenvalue weighted by Gasteiger charge is -2.18. The highest BCUT2D eigenvalue weighted by Gasteiger charge is 2.16. The largest absolute Gasteiger partial charge is 0.486 e. The molecule has 4 rings (SSSR count). The van der Waals surface area contributed by atoms with Crippen LogP contribution in [0.3, 0.4) is 0 Å². The Morgan fingerprint density at radius 1 is 0.950 bits per heavy atom. The van der Waals surface area contributed by atoms with Gasteiger partial charge in [-0.1, -0.05) is 6.07 Å². The van der Waals surface area contributed by atoms with Crippen LogP contribution in [0.15, 0.2) is 40.1 Å². The highest BCUT2D eigenvalue weighted by Crippen LogP contribution is 2.35. The summed E-state index contributed by atoms with van der Waals surface area (Å²) in [6, 6.07) is 9.51. The normalized spacial score (nSPS) is 13.4. The van der Waals surface area contributed by atoms with E-state index in [1.165, 1.54) is 0 Å². The molecule has 0 amide bonds. The molecule has 1 aliphatic heterocycles. The van der Waals surface area contributed by atoms with E-state index in [0.717, 1.165) is 16.2 Å². The summed E-state index contributed by atoms with van der Waals surface area (Å²) in [7, 11) is 0. The molecule has 3 heterocycles. The molecule has 0 bridgehead atoms. The maximum absolute atomic E-state index is 5.70. The van der Waals surface area contributed by atoms with Crippen LogP contribution in [0.1, 0.15) is 0 Å². The number of thiophene rings is 1. The van der Waals surface area contributed by atoms with Gasteiger partial charge in [0.25, 0.3) is 5.89 Å². The molecule has 1 aromatic carbocycles. The van der Waals surface area contributed by atoms with Crippen molar-refractivity contribution < 1.29 is 13.9 Å². The van der Waals surface area contributed by atoms with E-state index in [9.17, 15) is 0 Å². The Kier molecular flexibility index (Phi) is 2.67. The van der Waals surface area contributed by atoms with Crippen molar-refractivity contribution >= 4 is 11.3 Å². The van der Waals surface area contributed by atoms with E-state index in [0.29, 0.717) is 30.7 Å². The van der Waals surface area contributed by atoms with E-state index in [1.807, 2.05) is 35.7 Å². The van der Waals surface area contributed by atoms with Crippen molar-refractivity contribution in [2.45, 2.75) is 0 Å². The van der Waals surface area contributed by atoms with Gasteiger partial charge in [0.15, 0.2) is 11.5 Å². The number of hydrogen-bond donors (Lipinski definition) is 0. The minimum absolute atomic E-state index is 0.477. The summed E-state index contributed by atoms with van der Waals surface area (Å²) in [6.45, 7) is 1.14. The molecule has 0 atom stereocenters. The molecule has 0 N–H and O–H groups in total. The van der Waals surface area contributed by atoms with Crippen LogP contribution < -0.4 is 9.47 Å². The summed E-state index contributed by atoms with van der Waals surface area (Å²) < 4.78 is 16.7. The second-order valence-corrected chi connectivity index (χ2v) is 5.20. The molecule has 100 valence electrons. The van der Waals surface area contributed by atoms with Crippen LogP contribution in [0.2, 0.25) is 0 Å². The zero-order valence-electron chi connectivity index (χ0n) is 10.4. The van der Waals surface area contributed by atoms with Gasteiger partial charge in [-0.15, -0.1) is 21.5 Å². The molecule has 2 aromatic heterocycles. The quantitative estimate of drug-likeness (QED) is 0.724. The van der Waals surface area contributed by atoms with Gasteiger partial charge in [-0.2, -0.15) is 0 Å². The molecule has 0 aliphatic carbocycles. The van der Waals surface area contributed by atoms with Gasteiger partial charge < -0.3 is 13.9 Å². The van der Waals surface area contributed by atoms with Crippen LogP contribution in [0.25, 0.3) is 22.2 Å². The van der Waals surface area contributed by atoms with Crippen molar-refractivity contribution in [3.05, 3.63) is 35.7 Å². The molecule has 0 spiro atoms. The first-order valence-corrected chi connectivity index (χ1v) is 7.05. The van der Waals surface area contributed by atoms with Crippen LogP contribution >= 0.6 is 11.3 Å². The monoisotopic (exact) mass is 286 g/mol. The van der Waals surface area contributed by atoms with Gasteiger partial charge >= 0.3 is 0 Å². The Bertz CT molecular complexity index is 737. The second kappa shape index (κ2) is 4.64. The SMILES string of the molecule is c1csc(-c2nnc(-c3ccc4c(c3)OCCO4)o2)c1. The standard InChI is InChI=1S/C14H10N2O3S/c1-2-12(20-7-1)14-16-15-13(19-14)9-3-4-10-11(8-9)18-6-5-17-10/h1-4,7-8H,5-6H2. The summed E-state index contributed by atoms with van der Waals surface area (Å²) in [6.07, 6.45) is 0. The maximum atomic E-state index is 5.70. The van der Waals surface area contributed by atoms with Crippen LogP contribution in [-0.4, -0.2) is 23.4 Å². The fourth-order valence-electron chi connectivity index (χ4n) is 2.02. The van der Waals surface area contributed by atoms with Gasteiger partial charge in [-0.25, -0.2) is 0 Å². The topological polar surface area (TPSA) is 57.4 Å². The zero-order chi connectivity index (χ0) is 13.4. The van der Waals surface area contributed by atoms with E-state index < -0.39 is 0 Å². The van der Waals surface area contributed by atoms with E-state index >= 15 is 0 Å². The molecule has 20 heavy (non-hydrogen) atoms. The lowest BCUT2D eigenvalue weighted by atomic mass is 10.2. The van der Waals surface area contributed by atoms with E-state index in [2.05, 4.69) is 10.2 Å². The third-order valence-electron chi connectivity index (χ3n) is 2.95. The number of aromatic nitrogens is 2. The first kappa shape index (κ1) is 11.5. The van der Waals surface area contributed by atoms with Gasteiger partial charge in [0, 0.05) is 5.56 Å². The van der Waals surface area contributed by atoms with Crippen molar-refractivity contribution in [2.24, 2.45) is 0 Å². The highest BCUT2D eigenvalue weighted by atomic mass is 32.1. The Hall–Kier alpha value is -2.34. The maximum Gasteiger partial charge on any atom is 0.258 e. The summed E-state index contributed by atoms with van der Waals surface area (Å²) in [5, 5.41) is 10.1. The fraction of sp³-hybridized carbons (Fsp3) is 0.143. The van der Waals surface area contributed by atoms with E-state index in [-0.39, 0.29) is 0 Å². The zero-order valence-corrected chi connectivity index (χ0v) is 11.2. The Morgan fingerprint density at radius 2 is 1.80 bits per heavy atom. The minimum Gasteiger partial charge on any atom is -0.486 e. The van der Waals surface area contributed by atoms with Crippen LogP contribution in [-0.2, 0) is 0 Å². The van der Waals surface area contributed by atoms with Crippen LogP contribution in [0.5, 0.6) is 11.5 Å². The Morgan fingerprint density at radius 3 is 2.65 bits per heavy atom. The molecule has 0 saturated heterocycles. The molecular formula is C14H10N2O3S. The molecule has 0 fully saturated rings. The molecule has 6 heteroatoms. The van der Waals surface area contributed by atoms with Gasteiger partial charge in [-0.3, -0.25) is 0 Å². The number of nitrogens with zero attached hydrogens (tertiary/aromatic N) is 2. The molecule has 5 nitrogen and oxygen atoms in total.